The van der Waals surface area contributed by atoms with Gasteiger partial charge in [-0.3, -0.25) is 9.59 Å². The zero-order valence-electron chi connectivity index (χ0n) is 23.8. The summed E-state index contributed by atoms with van der Waals surface area (Å²) >= 11 is 0. The minimum atomic E-state index is -1.77. The number of hydrogen-bond acceptors (Lipinski definition) is 7. The number of hydrogen-bond donors (Lipinski definition) is 4. The van der Waals surface area contributed by atoms with E-state index in [-0.39, 0.29) is 41.4 Å². The predicted molar refractivity (Wildman–Crippen MR) is 140 cm³/mol. The number of carboxylic acid groups (broad SMARTS) is 1. The van der Waals surface area contributed by atoms with Crippen molar-refractivity contribution < 1.29 is 38.9 Å². The Labute approximate surface area is 230 Å². The maximum atomic E-state index is 14.1. The van der Waals surface area contributed by atoms with Gasteiger partial charge in [0.1, 0.15) is 17.7 Å². The Balaban J connectivity index is 1.55. The van der Waals surface area contributed by atoms with Gasteiger partial charge < -0.3 is 35.2 Å². The molecule has 0 aromatic heterocycles. The van der Waals surface area contributed by atoms with Crippen LogP contribution in [-0.4, -0.2) is 88.6 Å². The molecule has 0 spiro atoms. The third-order valence-electron chi connectivity index (χ3n) is 9.08. The molecule has 39 heavy (non-hydrogen) atoms. The molecule has 11 heteroatoms. The van der Waals surface area contributed by atoms with Crippen molar-refractivity contribution in [3.63, 3.8) is 0 Å². The Hall–Kier alpha value is -2.40. The molecule has 4 N–H and O–H groups in total. The van der Waals surface area contributed by atoms with E-state index in [1.807, 2.05) is 0 Å². The van der Waals surface area contributed by atoms with Crippen LogP contribution in [0.3, 0.4) is 0 Å². The largest absolute Gasteiger partial charge is 0.479 e. The van der Waals surface area contributed by atoms with E-state index in [4.69, 9.17) is 9.47 Å². The second kappa shape index (κ2) is 11.2. The summed E-state index contributed by atoms with van der Waals surface area (Å²) in [5, 5.41) is 25.4. The number of carbonyl (C=O) groups excluding carboxylic acids is 3. The van der Waals surface area contributed by atoms with Crippen molar-refractivity contribution in [3.8, 4) is 0 Å². The molecular weight excluding hydrogens is 506 g/mol. The lowest BCUT2D eigenvalue weighted by Crippen LogP contribution is -2.60. The van der Waals surface area contributed by atoms with Gasteiger partial charge in [-0.1, -0.05) is 33.1 Å². The molecule has 0 aromatic rings. The Bertz CT molecular complexity index is 953. The number of aliphatic hydroxyl groups excluding tert-OH is 1. The fraction of sp³-hybridized carbons (Fsp3) is 0.857. The number of aliphatic carboxylic acids is 1. The average molecular weight is 552 g/mol. The number of rotatable bonds is 9. The topological polar surface area (TPSA) is 154 Å². The lowest BCUT2D eigenvalue weighted by Gasteiger charge is -2.38. The van der Waals surface area contributed by atoms with E-state index in [1.54, 1.807) is 25.7 Å². The van der Waals surface area contributed by atoms with E-state index in [2.05, 4.69) is 24.5 Å². The Morgan fingerprint density at radius 3 is 2.26 bits per heavy atom. The lowest BCUT2D eigenvalue weighted by molar-refractivity contribution is -0.151. The van der Waals surface area contributed by atoms with Crippen molar-refractivity contribution in [2.45, 2.75) is 103 Å². The number of amides is 3. The normalized spacial score (nSPS) is 28.9. The van der Waals surface area contributed by atoms with Crippen LogP contribution in [0.5, 0.6) is 0 Å². The van der Waals surface area contributed by atoms with Crippen molar-refractivity contribution in [2.75, 3.05) is 19.8 Å². The SMILES string of the molecule is CC(C)(C)OC(=O)N[C@H](C(=O)N1CC2C([C@H]1C(=O)NC(CC1COC1)C(O)C(=O)O)C2(C)C)C1CCCCC1. The average Bonchev–Trinajstić information content (AvgIpc) is 3.15. The highest BCUT2D eigenvalue weighted by Crippen LogP contribution is 2.65. The fourth-order valence-corrected chi connectivity index (χ4v) is 6.76. The summed E-state index contributed by atoms with van der Waals surface area (Å²) in [6, 6.07) is -2.63. The lowest BCUT2D eigenvalue weighted by atomic mass is 9.83. The summed E-state index contributed by atoms with van der Waals surface area (Å²) < 4.78 is 10.7. The van der Waals surface area contributed by atoms with Gasteiger partial charge in [-0.25, -0.2) is 9.59 Å². The zero-order valence-corrected chi connectivity index (χ0v) is 23.8. The number of ether oxygens (including phenoxy) is 2. The highest BCUT2D eigenvalue weighted by atomic mass is 16.6. The van der Waals surface area contributed by atoms with Crippen molar-refractivity contribution in [3.05, 3.63) is 0 Å². The molecule has 11 nitrogen and oxygen atoms in total. The smallest absolute Gasteiger partial charge is 0.408 e. The van der Waals surface area contributed by atoms with Crippen molar-refractivity contribution >= 4 is 23.9 Å². The molecule has 6 atom stereocenters. The molecular formula is C28H45N3O8. The number of nitrogens with one attached hydrogen (secondary N) is 2. The van der Waals surface area contributed by atoms with Gasteiger partial charge in [-0.05, 0) is 63.2 Å². The minimum Gasteiger partial charge on any atom is -0.479 e. The first-order valence-electron chi connectivity index (χ1n) is 14.3. The molecule has 4 fully saturated rings. The number of nitrogens with zero attached hydrogens (tertiary/aromatic N) is 1. The molecule has 0 bridgehead atoms. The molecule has 4 aliphatic rings. The molecule has 4 rings (SSSR count). The van der Waals surface area contributed by atoms with Crippen LogP contribution in [0.25, 0.3) is 0 Å². The van der Waals surface area contributed by atoms with Crippen LogP contribution in [0.2, 0.25) is 0 Å². The predicted octanol–water partition coefficient (Wildman–Crippen LogP) is 1.91. The maximum absolute atomic E-state index is 14.1. The molecule has 2 saturated heterocycles. The standard InChI is InChI=1S/C28H45N3O8/c1-27(2,3)39-26(37)30-20(16-9-7-6-8-10-16)24(34)31-12-17-19(28(17,4)5)21(31)23(33)29-18(22(32)25(35)36)11-15-13-38-14-15/h15-22,32H,6-14H2,1-5H3,(H,29,33)(H,30,37)(H,35,36)/t17?,18?,19?,20-,21-,22?/m0/s1. The van der Waals surface area contributed by atoms with E-state index < -0.39 is 47.8 Å². The summed E-state index contributed by atoms with van der Waals surface area (Å²) in [5.74, 6) is -2.18. The number of piperidine rings is 1. The quantitative estimate of drug-likeness (QED) is 0.339. The Morgan fingerprint density at radius 2 is 1.72 bits per heavy atom. The van der Waals surface area contributed by atoms with Gasteiger partial charge in [0.15, 0.2) is 6.10 Å². The van der Waals surface area contributed by atoms with E-state index in [0.717, 1.165) is 32.1 Å². The van der Waals surface area contributed by atoms with Gasteiger partial charge in [0, 0.05) is 12.5 Å². The van der Waals surface area contributed by atoms with Crippen LogP contribution in [0.1, 0.15) is 73.1 Å². The van der Waals surface area contributed by atoms with Gasteiger partial charge in [0.05, 0.1) is 19.3 Å². The first-order chi connectivity index (χ1) is 18.2. The minimum absolute atomic E-state index is 0.0458. The third kappa shape index (κ3) is 6.51. The van der Waals surface area contributed by atoms with Gasteiger partial charge in [-0.15, -0.1) is 0 Å². The number of aliphatic hydroxyl groups is 1. The molecule has 0 radical (unpaired) electrons. The fourth-order valence-electron chi connectivity index (χ4n) is 6.76. The van der Waals surface area contributed by atoms with E-state index in [0.29, 0.717) is 19.8 Å². The van der Waals surface area contributed by atoms with Crippen LogP contribution >= 0.6 is 0 Å². The second-order valence-electron chi connectivity index (χ2n) is 13.4. The van der Waals surface area contributed by atoms with E-state index >= 15 is 0 Å². The molecule has 2 aliphatic carbocycles. The monoisotopic (exact) mass is 551 g/mol. The maximum Gasteiger partial charge on any atom is 0.408 e. The van der Waals surface area contributed by atoms with Gasteiger partial charge in [-0.2, -0.15) is 0 Å². The van der Waals surface area contributed by atoms with Gasteiger partial charge in [0.2, 0.25) is 11.8 Å². The number of alkyl carbamates (subject to hydrolysis) is 1. The summed E-state index contributed by atoms with van der Waals surface area (Å²) in [6.07, 6.45) is 2.44. The molecule has 3 amide bonds. The first kappa shape index (κ1) is 29.6. The van der Waals surface area contributed by atoms with Gasteiger partial charge >= 0.3 is 12.1 Å². The summed E-state index contributed by atoms with van der Waals surface area (Å²) in [7, 11) is 0. The molecule has 2 heterocycles. The number of fused-ring (bicyclic) bond motifs is 1. The van der Waals surface area contributed by atoms with Crippen LogP contribution in [0, 0.1) is 29.1 Å². The molecule has 4 unspecified atom stereocenters. The van der Waals surface area contributed by atoms with Crippen molar-refractivity contribution in [1.29, 1.82) is 0 Å². The van der Waals surface area contributed by atoms with Crippen LogP contribution in [-0.2, 0) is 23.9 Å². The molecule has 2 aliphatic heterocycles. The Morgan fingerprint density at radius 1 is 1.08 bits per heavy atom. The number of carbonyl (C=O) groups is 4. The van der Waals surface area contributed by atoms with Crippen LogP contribution in [0.15, 0.2) is 0 Å². The van der Waals surface area contributed by atoms with Crippen LogP contribution < -0.4 is 10.6 Å². The highest BCUT2D eigenvalue weighted by Gasteiger charge is 2.69. The number of carboxylic acids is 1. The summed E-state index contributed by atoms with van der Waals surface area (Å²) in [6.45, 7) is 10.7. The van der Waals surface area contributed by atoms with E-state index in [9.17, 15) is 29.4 Å². The van der Waals surface area contributed by atoms with Crippen LogP contribution in [0.4, 0.5) is 4.79 Å². The highest BCUT2D eigenvalue weighted by molar-refractivity contribution is 5.93. The van der Waals surface area contributed by atoms with E-state index in [1.165, 1.54) is 0 Å². The summed E-state index contributed by atoms with van der Waals surface area (Å²) in [4.78, 5) is 53.8. The van der Waals surface area contributed by atoms with Crippen molar-refractivity contribution in [2.24, 2.45) is 29.1 Å². The molecule has 0 aromatic carbocycles. The summed E-state index contributed by atoms with van der Waals surface area (Å²) in [5.41, 5.74) is -0.877. The molecule has 2 saturated carbocycles. The van der Waals surface area contributed by atoms with Gasteiger partial charge in [0.25, 0.3) is 0 Å². The Kier molecular flexibility index (Phi) is 8.52. The van der Waals surface area contributed by atoms with Crippen molar-refractivity contribution in [1.82, 2.24) is 15.5 Å². The first-order valence-corrected chi connectivity index (χ1v) is 14.3. The second-order valence-corrected chi connectivity index (χ2v) is 13.4. The third-order valence-corrected chi connectivity index (χ3v) is 9.08. The number of likely N-dealkylation sites (tertiary alicyclic amines) is 1. The molecule has 220 valence electrons. The zero-order chi connectivity index (χ0) is 28.7.